The molecule has 0 spiro atoms. The lowest BCUT2D eigenvalue weighted by molar-refractivity contribution is 0.0183. The van der Waals surface area contributed by atoms with Gasteiger partial charge >= 0.3 is 6.09 Å². The van der Waals surface area contributed by atoms with Crippen LogP contribution >= 0.6 is 0 Å². The molecule has 2 rings (SSSR count). The molecule has 0 aromatic heterocycles. The van der Waals surface area contributed by atoms with Crippen LogP contribution in [0, 0.1) is 11.8 Å². The molecule has 1 aliphatic carbocycles. The van der Waals surface area contributed by atoms with Crippen LogP contribution in [0.25, 0.3) is 0 Å². The van der Waals surface area contributed by atoms with Crippen LogP contribution in [0.4, 0.5) is 4.79 Å². The molecule has 1 N–H and O–H groups in total. The van der Waals surface area contributed by atoms with E-state index in [-0.39, 0.29) is 6.09 Å². The number of nitrogens with one attached hydrogen (secondary N) is 1. The van der Waals surface area contributed by atoms with Crippen molar-refractivity contribution in [3.05, 3.63) is 0 Å². The summed E-state index contributed by atoms with van der Waals surface area (Å²) < 4.78 is 5.47. The Morgan fingerprint density at radius 1 is 1.04 bits per heavy atom. The van der Waals surface area contributed by atoms with E-state index in [1.807, 2.05) is 25.7 Å². The van der Waals surface area contributed by atoms with Gasteiger partial charge < -0.3 is 15.0 Å². The Morgan fingerprint density at radius 3 is 2.38 bits per heavy atom. The van der Waals surface area contributed by atoms with Crippen molar-refractivity contribution in [2.75, 3.05) is 19.6 Å². The van der Waals surface area contributed by atoms with Gasteiger partial charge in [-0.2, -0.15) is 0 Å². The third-order valence-electron chi connectivity index (χ3n) is 5.63. The molecule has 0 radical (unpaired) electrons. The minimum Gasteiger partial charge on any atom is -0.444 e. The first-order valence-electron chi connectivity index (χ1n) is 10.1. The van der Waals surface area contributed by atoms with Gasteiger partial charge in [0.15, 0.2) is 0 Å². The molecule has 0 bridgehead atoms. The van der Waals surface area contributed by atoms with Crippen LogP contribution in [0.15, 0.2) is 0 Å². The Bertz CT molecular complexity index is 384. The predicted octanol–water partition coefficient (Wildman–Crippen LogP) is 4.58. The van der Waals surface area contributed by atoms with Gasteiger partial charge in [-0.05, 0) is 71.3 Å². The highest BCUT2D eigenvalue weighted by atomic mass is 16.6. The first kappa shape index (κ1) is 19.6. The van der Waals surface area contributed by atoms with E-state index >= 15 is 0 Å². The molecule has 1 heterocycles. The molecule has 2 fully saturated rings. The summed E-state index contributed by atoms with van der Waals surface area (Å²) in [5.74, 6) is 1.66. The number of likely N-dealkylation sites (tertiary alicyclic amines) is 1. The van der Waals surface area contributed by atoms with Gasteiger partial charge in [-0.3, -0.25) is 0 Å². The molecule has 2 atom stereocenters. The van der Waals surface area contributed by atoms with E-state index in [0.29, 0.717) is 12.0 Å². The maximum absolute atomic E-state index is 12.1. The number of carbonyl (C=O) groups is 1. The minimum absolute atomic E-state index is 0.150. The molecule has 4 nitrogen and oxygen atoms in total. The molecular weight excluding hydrogens is 300 g/mol. The molecule has 2 aliphatic rings. The molecule has 24 heavy (non-hydrogen) atoms. The summed E-state index contributed by atoms with van der Waals surface area (Å²) in [5, 5.41) is 3.82. The highest BCUT2D eigenvalue weighted by Crippen LogP contribution is 2.26. The summed E-state index contributed by atoms with van der Waals surface area (Å²) in [6.07, 6.45) is 10.3. The van der Waals surface area contributed by atoms with Crippen molar-refractivity contribution in [3.63, 3.8) is 0 Å². The van der Waals surface area contributed by atoms with Crippen LogP contribution in [-0.4, -0.2) is 42.3 Å². The number of nitrogens with zero attached hydrogens (tertiary/aromatic N) is 1. The highest BCUT2D eigenvalue weighted by molar-refractivity contribution is 5.68. The average molecular weight is 339 g/mol. The van der Waals surface area contributed by atoms with E-state index < -0.39 is 5.60 Å². The number of rotatable bonds is 4. The fourth-order valence-corrected chi connectivity index (χ4v) is 3.97. The summed E-state index contributed by atoms with van der Waals surface area (Å²) in [6, 6.07) is 0.713. The van der Waals surface area contributed by atoms with Gasteiger partial charge in [0, 0.05) is 19.1 Å². The number of carbonyl (C=O) groups excluding carboxylic acids is 1. The molecule has 140 valence electrons. The molecule has 1 saturated carbocycles. The van der Waals surface area contributed by atoms with Gasteiger partial charge in [-0.1, -0.05) is 26.2 Å². The first-order chi connectivity index (χ1) is 11.4. The van der Waals surface area contributed by atoms with Crippen LogP contribution in [0.5, 0.6) is 0 Å². The maximum atomic E-state index is 12.1. The molecule has 4 heteroatoms. The van der Waals surface area contributed by atoms with Crippen LogP contribution in [-0.2, 0) is 4.74 Å². The minimum atomic E-state index is -0.397. The van der Waals surface area contributed by atoms with Gasteiger partial charge in [0.2, 0.25) is 0 Å². The zero-order valence-corrected chi connectivity index (χ0v) is 16.3. The van der Waals surface area contributed by atoms with E-state index in [0.717, 1.165) is 38.4 Å². The number of hydrogen-bond acceptors (Lipinski definition) is 3. The van der Waals surface area contributed by atoms with Crippen LogP contribution in [0.3, 0.4) is 0 Å². The summed E-state index contributed by atoms with van der Waals surface area (Å²) in [4.78, 5) is 14.0. The lowest BCUT2D eigenvalue weighted by atomic mass is 9.96. The average Bonchev–Trinajstić information content (AvgIpc) is 2.77. The molecule has 1 saturated heterocycles. The predicted molar refractivity (Wildman–Crippen MR) is 99.2 cm³/mol. The summed E-state index contributed by atoms with van der Waals surface area (Å²) in [5.41, 5.74) is -0.397. The number of amides is 1. The van der Waals surface area contributed by atoms with Crippen LogP contribution in [0.1, 0.15) is 79.1 Å². The van der Waals surface area contributed by atoms with Gasteiger partial charge in [-0.25, -0.2) is 4.79 Å². The van der Waals surface area contributed by atoms with Gasteiger partial charge in [0.1, 0.15) is 5.60 Å². The molecule has 0 aromatic carbocycles. The van der Waals surface area contributed by atoms with Crippen molar-refractivity contribution in [1.82, 2.24) is 10.2 Å². The maximum Gasteiger partial charge on any atom is 0.410 e. The van der Waals surface area contributed by atoms with Crippen LogP contribution in [0.2, 0.25) is 0 Å². The lowest BCUT2D eigenvalue weighted by Gasteiger charge is -2.34. The normalized spacial score (nSPS) is 26.9. The second kappa shape index (κ2) is 9.07. The molecule has 1 amide bonds. The van der Waals surface area contributed by atoms with E-state index in [9.17, 15) is 4.79 Å². The highest BCUT2D eigenvalue weighted by Gasteiger charge is 2.27. The quantitative estimate of drug-likeness (QED) is 0.763. The molecular formula is C20H38N2O2. The summed E-state index contributed by atoms with van der Waals surface area (Å²) in [7, 11) is 0. The Balaban J connectivity index is 1.65. The Kier molecular flexibility index (Phi) is 7.39. The van der Waals surface area contributed by atoms with E-state index in [1.54, 1.807) is 0 Å². The van der Waals surface area contributed by atoms with Crippen molar-refractivity contribution in [3.8, 4) is 0 Å². The lowest BCUT2D eigenvalue weighted by Crippen LogP contribution is -2.44. The smallest absolute Gasteiger partial charge is 0.410 e. The van der Waals surface area contributed by atoms with Gasteiger partial charge in [0.25, 0.3) is 0 Å². The number of piperidine rings is 1. The van der Waals surface area contributed by atoms with Crippen LogP contribution < -0.4 is 5.32 Å². The Labute approximate surface area is 148 Å². The standard InChI is InChI=1S/C20H38N2O2/c1-5-16-7-6-8-18(10-9-16)21-15-17-11-13-22(14-12-17)19(23)24-20(2,3)4/h16-18,21H,5-15H2,1-4H3. The SMILES string of the molecule is CCC1CCCC(NCC2CCN(C(=O)OC(C)(C)C)CC2)CC1. The third-order valence-corrected chi connectivity index (χ3v) is 5.63. The zero-order chi connectivity index (χ0) is 17.6. The first-order valence-corrected chi connectivity index (χ1v) is 10.1. The zero-order valence-electron chi connectivity index (χ0n) is 16.3. The van der Waals surface area contributed by atoms with Crippen molar-refractivity contribution in [1.29, 1.82) is 0 Å². The summed E-state index contributed by atoms with van der Waals surface area (Å²) in [6.45, 7) is 10.9. The monoisotopic (exact) mass is 338 g/mol. The topological polar surface area (TPSA) is 41.6 Å². The van der Waals surface area contributed by atoms with Gasteiger partial charge in [0.05, 0.1) is 0 Å². The second-order valence-electron chi connectivity index (χ2n) is 8.80. The van der Waals surface area contributed by atoms with Crippen molar-refractivity contribution < 1.29 is 9.53 Å². The Hall–Kier alpha value is -0.770. The largest absolute Gasteiger partial charge is 0.444 e. The fraction of sp³-hybridized carbons (Fsp3) is 0.950. The molecule has 0 aromatic rings. The fourth-order valence-electron chi connectivity index (χ4n) is 3.97. The number of ether oxygens (including phenoxy) is 1. The van der Waals surface area contributed by atoms with E-state index in [2.05, 4.69) is 12.2 Å². The van der Waals surface area contributed by atoms with Crippen molar-refractivity contribution >= 4 is 6.09 Å². The third kappa shape index (κ3) is 6.62. The van der Waals surface area contributed by atoms with Crippen molar-refractivity contribution in [2.24, 2.45) is 11.8 Å². The Morgan fingerprint density at radius 2 is 1.75 bits per heavy atom. The summed E-state index contributed by atoms with van der Waals surface area (Å²) >= 11 is 0. The second-order valence-corrected chi connectivity index (χ2v) is 8.80. The number of hydrogen-bond donors (Lipinski definition) is 1. The van der Waals surface area contributed by atoms with E-state index in [4.69, 9.17) is 4.74 Å². The van der Waals surface area contributed by atoms with Gasteiger partial charge in [-0.15, -0.1) is 0 Å². The molecule has 1 aliphatic heterocycles. The van der Waals surface area contributed by atoms with E-state index in [1.165, 1.54) is 38.5 Å². The van der Waals surface area contributed by atoms with Crippen molar-refractivity contribution in [2.45, 2.75) is 90.7 Å². The molecule has 2 unspecified atom stereocenters.